The van der Waals surface area contributed by atoms with Gasteiger partial charge in [-0.25, -0.2) is 4.68 Å². The Bertz CT molecular complexity index is 1150. The van der Waals surface area contributed by atoms with Crippen LogP contribution in [0.4, 0.5) is 0 Å². The van der Waals surface area contributed by atoms with Gasteiger partial charge in [0.1, 0.15) is 5.69 Å². The first-order chi connectivity index (χ1) is 16.6. The molecule has 9 nitrogen and oxygen atoms in total. The van der Waals surface area contributed by atoms with Crippen molar-refractivity contribution >= 4 is 5.91 Å². The molecule has 3 aromatic rings. The summed E-state index contributed by atoms with van der Waals surface area (Å²) in [6, 6.07) is 14.0. The van der Waals surface area contributed by atoms with E-state index >= 15 is 0 Å². The maximum atomic E-state index is 13.0. The summed E-state index contributed by atoms with van der Waals surface area (Å²) in [5.74, 6) is 2.17. The summed E-state index contributed by atoms with van der Waals surface area (Å²) in [6.07, 6.45) is 4.10. The lowest BCUT2D eigenvalue weighted by molar-refractivity contribution is 0.0766. The molecule has 2 saturated heterocycles. The standard InChI is InChI=1S/C25H29N7O2/c1-31-24(28-29-30-31)22-18-13-32(14-19(18)22)25(34)21-9-7-15(12-26-21)11-17-8-10-20(27-17)23(33)16-5-3-2-4-6-16/h2-7,9,12,17-20,22-23,27,33H,8,10-11,13-14H2,1H3/t17-,18?,19?,20+,22?,23+/m0/s1. The fraction of sp³-hybridized carbons (Fsp3) is 0.480. The van der Waals surface area contributed by atoms with E-state index in [4.69, 9.17) is 0 Å². The summed E-state index contributed by atoms with van der Waals surface area (Å²) in [4.78, 5) is 19.4. The van der Waals surface area contributed by atoms with Gasteiger partial charge in [0.15, 0.2) is 5.82 Å². The second kappa shape index (κ2) is 8.56. The zero-order chi connectivity index (χ0) is 23.2. The van der Waals surface area contributed by atoms with Gasteiger partial charge in [-0.05, 0) is 58.7 Å². The van der Waals surface area contributed by atoms with Gasteiger partial charge in [0.05, 0.1) is 6.10 Å². The van der Waals surface area contributed by atoms with Gasteiger partial charge in [-0.15, -0.1) is 5.10 Å². The fourth-order valence-electron chi connectivity index (χ4n) is 5.85. The number of benzene rings is 1. The molecule has 2 aromatic heterocycles. The van der Waals surface area contributed by atoms with Crippen molar-refractivity contribution in [3.63, 3.8) is 0 Å². The topological polar surface area (TPSA) is 109 Å². The predicted octanol–water partition coefficient (Wildman–Crippen LogP) is 1.49. The van der Waals surface area contributed by atoms with Gasteiger partial charge >= 0.3 is 0 Å². The first-order valence-electron chi connectivity index (χ1n) is 12.0. The van der Waals surface area contributed by atoms with Crippen molar-refractivity contribution in [1.82, 2.24) is 35.4 Å². The smallest absolute Gasteiger partial charge is 0.272 e. The quantitative estimate of drug-likeness (QED) is 0.575. The van der Waals surface area contributed by atoms with Gasteiger partial charge in [0.25, 0.3) is 5.91 Å². The molecule has 4 heterocycles. The van der Waals surface area contributed by atoms with Crippen LogP contribution in [-0.4, -0.2) is 66.3 Å². The second-order valence-electron chi connectivity index (χ2n) is 9.88. The van der Waals surface area contributed by atoms with Crippen LogP contribution in [0.1, 0.15) is 52.3 Å². The molecular formula is C25H29N7O2. The van der Waals surface area contributed by atoms with Gasteiger partial charge in [-0.3, -0.25) is 9.78 Å². The summed E-state index contributed by atoms with van der Waals surface area (Å²) in [7, 11) is 1.87. The Morgan fingerprint density at radius 3 is 2.62 bits per heavy atom. The molecule has 3 aliphatic rings. The van der Waals surface area contributed by atoms with Crippen LogP contribution in [0.25, 0.3) is 0 Å². The summed E-state index contributed by atoms with van der Waals surface area (Å²) in [5, 5.41) is 26.1. The molecule has 6 rings (SSSR count). The average molecular weight is 460 g/mol. The highest BCUT2D eigenvalue weighted by Crippen LogP contribution is 2.57. The fourth-order valence-corrected chi connectivity index (χ4v) is 5.85. The van der Waals surface area contributed by atoms with Crippen molar-refractivity contribution in [1.29, 1.82) is 0 Å². The Labute approximate surface area is 198 Å². The number of piperidine rings is 1. The third kappa shape index (κ3) is 3.88. The summed E-state index contributed by atoms with van der Waals surface area (Å²) < 4.78 is 1.74. The van der Waals surface area contributed by atoms with Crippen LogP contribution >= 0.6 is 0 Å². The van der Waals surface area contributed by atoms with E-state index in [1.165, 1.54) is 0 Å². The van der Waals surface area contributed by atoms with Crippen LogP contribution in [-0.2, 0) is 13.5 Å². The van der Waals surface area contributed by atoms with E-state index in [1.54, 1.807) is 4.68 Å². The van der Waals surface area contributed by atoms with Crippen LogP contribution in [0, 0.1) is 11.8 Å². The summed E-state index contributed by atoms with van der Waals surface area (Å²) in [5.41, 5.74) is 2.55. The highest BCUT2D eigenvalue weighted by Gasteiger charge is 2.59. The Morgan fingerprint density at radius 2 is 1.94 bits per heavy atom. The molecule has 0 radical (unpaired) electrons. The monoisotopic (exact) mass is 459 g/mol. The molecule has 0 spiro atoms. The number of nitrogens with one attached hydrogen (secondary N) is 1. The van der Waals surface area contributed by atoms with Crippen molar-refractivity contribution < 1.29 is 9.90 Å². The molecule has 2 aliphatic heterocycles. The molecule has 34 heavy (non-hydrogen) atoms. The first kappa shape index (κ1) is 21.4. The van der Waals surface area contributed by atoms with E-state index in [1.807, 2.05) is 60.6 Å². The molecule has 1 aromatic carbocycles. The number of likely N-dealkylation sites (tertiary alicyclic amines) is 1. The number of aryl methyl sites for hydroxylation is 1. The minimum absolute atomic E-state index is 0.00127. The molecule has 3 fully saturated rings. The van der Waals surface area contributed by atoms with Crippen LogP contribution in [0.5, 0.6) is 0 Å². The lowest BCUT2D eigenvalue weighted by Gasteiger charge is -2.21. The number of hydrogen-bond acceptors (Lipinski definition) is 7. The third-order valence-corrected chi connectivity index (χ3v) is 7.76. The zero-order valence-corrected chi connectivity index (χ0v) is 19.2. The number of rotatable bonds is 6. The van der Waals surface area contributed by atoms with Crippen molar-refractivity contribution in [2.45, 2.75) is 43.4 Å². The molecule has 2 unspecified atom stereocenters. The number of carbonyl (C=O) groups excluding carboxylic acids is 1. The number of aromatic nitrogens is 5. The maximum Gasteiger partial charge on any atom is 0.272 e. The van der Waals surface area contributed by atoms with Gasteiger partial charge < -0.3 is 15.3 Å². The Balaban J connectivity index is 1.02. The van der Waals surface area contributed by atoms with Gasteiger partial charge in [-0.2, -0.15) is 0 Å². The Morgan fingerprint density at radius 1 is 1.15 bits per heavy atom. The third-order valence-electron chi connectivity index (χ3n) is 7.76. The summed E-state index contributed by atoms with van der Waals surface area (Å²) >= 11 is 0. The minimum atomic E-state index is -0.500. The van der Waals surface area contributed by atoms with Gasteiger partial charge in [-0.1, -0.05) is 36.4 Å². The van der Waals surface area contributed by atoms with Crippen molar-refractivity contribution in [3.05, 3.63) is 71.3 Å². The molecular weight excluding hydrogens is 430 g/mol. The molecule has 2 N–H and O–H groups in total. The SMILES string of the molecule is Cn1nnnc1C1C2CN(C(=O)c3ccc(C[C@@H]4CC[C@H]([C@H](O)c5ccccc5)N4)cn3)CC21. The van der Waals surface area contributed by atoms with Crippen molar-refractivity contribution in [2.24, 2.45) is 18.9 Å². The second-order valence-corrected chi connectivity index (χ2v) is 9.88. The average Bonchev–Trinajstić information content (AvgIpc) is 3.31. The number of carbonyl (C=O) groups is 1. The zero-order valence-electron chi connectivity index (χ0n) is 19.2. The van der Waals surface area contributed by atoms with Crippen molar-refractivity contribution in [2.75, 3.05) is 13.1 Å². The molecule has 1 amide bonds. The Hall–Kier alpha value is -3.17. The van der Waals surface area contributed by atoms with Crippen molar-refractivity contribution in [3.8, 4) is 0 Å². The molecule has 176 valence electrons. The number of aliphatic hydroxyl groups is 1. The number of fused-ring (bicyclic) bond motifs is 1. The van der Waals surface area contributed by atoms with E-state index in [0.29, 0.717) is 29.5 Å². The highest BCUT2D eigenvalue weighted by atomic mass is 16.3. The number of hydrogen-bond donors (Lipinski definition) is 2. The first-order valence-corrected chi connectivity index (χ1v) is 12.0. The molecule has 5 atom stereocenters. The van der Waals surface area contributed by atoms with Crippen LogP contribution in [0.2, 0.25) is 0 Å². The maximum absolute atomic E-state index is 13.0. The van der Waals surface area contributed by atoms with Gasteiger partial charge in [0.2, 0.25) is 0 Å². The van der Waals surface area contributed by atoms with Crippen LogP contribution in [0.15, 0.2) is 48.7 Å². The summed E-state index contributed by atoms with van der Waals surface area (Å²) in [6.45, 7) is 1.48. The highest BCUT2D eigenvalue weighted by molar-refractivity contribution is 5.92. The molecule has 0 bridgehead atoms. The largest absolute Gasteiger partial charge is 0.387 e. The van der Waals surface area contributed by atoms with E-state index in [2.05, 4.69) is 25.8 Å². The Kier molecular flexibility index (Phi) is 5.38. The number of nitrogens with zero attached hydrogens (tertiary/aromatic N) is 6. The van der Waals surface area contributed by atoms with Crippen LogP contribution in [0.3, 0.4) is 0 Å². The number of aliphatic hydroxyl groups excluding tert-OH is 1. The van der Waals surface area contributed by atoms with E-state index in [-0.39, 0.29) is 11.9 Å². The normalized spacial score (nSPS) is 28.6. The molecule has 1 aliphatic carbocycles. The lowest BCUT2D eigenvalue weighted by atomic mass is 10.0. The number of amides is 1. The van der Waals surface area contributed by atoms with E-state index in [0.717, 1.165) is 49.3 Å². The minimum Gasteiger partial charge on any atom is -0.387 e. The van der Waals surface area contributed by atoms with Crippen LogP contribution < -0.4 is 5.32 Å². The molecule has 9 heteroatoms. The molecule has 1 saturated carbocycles. The van der Waals surface area contributed by atoms with E-state index < -0.39 is 6.10 Å². The number of tetrazole rings is 1. The number of pyridine rings is 1. The van der Waals surface area contributed by atoms with Gasteiger partial charge in [0, 0.05) is 44.3 Å². The predicted molar refractivity (Wildman–Crippen MR) is 124 cm³/mol. The lowest BCUT2D eigenvalue weighted by Crippen LogP contribution is -2.35. The van der Waals surface area contributed by atoms with E-state index in [9.17, 15) is 9.90 Å².